The van der Waals surface area contributed by atoms with E-state index in [0.29, 0.717) is 0 Å². The highest BCUT2D eigenvalue weighted by Gasteiger charge is 2.14. The number of nitro groups is 1. The summed E-state index contributed by atoms with van der Waals surface area (Å²) in [5.74, 6) is -2.63. The van der Waals surface area contributed by atoms with Crippen molar-refractivity contribution in [2.24, 2.45) is 5.10 Å². The van der Waals surface area contributed by atoms with E-state index in [1.165, 1.54) is 30.3 Å². The van der Waals surface area contributed by atoms with Crippen LogP contribution in [0.5, 0.6) is 0 Å². The summed E-state index contributed by atoms with van der Waals surface area (Å²) < 4.78 is 12.8. The number of nitrogens with zero attached hydrogens (tertiary/aromatic N) is 2. The number of halogens is 2. The van der Waals surface area contributed by atoms with E-state index in [9.17, 15) is 24.1 Å². The largest absolute Gasteiger partial charge is 0.329 e. The number of nitrogens with one attached hydrogen (secondary N) is 2. The number of rotatable bonds is 4. The molecular formula is C15H10ClFN4O4. The molecule has 0 unspecified atom stereocenters. The highest BCUT2D eigenvalue weighted by atomic mass is 35.5. The van der Waals surface area contributed by atoms with E-state index in [0.717, 1.165) is 18.3 Å². The second-order valence-electron chi connectivity index (χ2n) is 4.62. The van der Waals surface area contributed by atoms with Gasteiger partial charge in [-0.05, 0) is 36.4 Å². The minimum absolute atomic E-state index is 0.0525. The SMILES string of the molecule is O=C(N/N=C/c1cc(Cl)ccc1[N+](=O)[O-])C(=O)Nc1ccc(F)cc1. The van der Waals surface area contributed by atoms with Gasteiger partial charge in [0.25, 0.3) is 5.69 Å². The molecular weight excluding hydrogens is 355 g/mol. The van der Waals surface area contributed by atoms with Crippen LogP contribution in [-0.4, -0.2) is 23.0 Å². The maximum absolute atomic E-state index is 12.8. The Balaban J connectivity index is 2.00. The number of carbonyl (C=O) groups excluding carboxylic acids is 2. The molecule has 8 nitrogen and oxygen atoms in total. The summed E-state index contributed by atoms with van der Waals surface area (Å²) >= 11 is 5.75. The van der Waals surface area contributed by atoms with Gasteiger partial charge in [0, 0.05) is 16.8 Å². The molecule has 2 aromatic rings. The number of benzene rings is 2. The Morgan fingerprint density at radius 2 is 1.84 bits per heavy atom. The smallest absolute Gasteiger partial charge is 0.318 e. The van der Waals surface area contributed by atoms with Gasteiger partial charge in [-0.2, -0.15) is 5.10 Å². The van der Waals surface area contributed by atoms with Crippen LogP contribution in [0.4, 0.5) is 15.8 Å². The first-order valence-electron chi connectivity index (χ1n) is 6.70. The third-order valence-corrected chi connectivity index (χ3v) is 3.10. The molecule has 0 radical (unpaired) electrons. The highest BCUT2D eigenvalue weighted by molar-refractivity contribution is 6.39. The molecule has 2 rings (SSSR count). The second-order valence-corrected chi connectivity index (χ2v) is 5.06. The van der Waals surface area contributed by atoms with E-state index in [1.54, 1.807) is 0 Å². The van der Waals surface area contributed by atoms with Gasteiger partial charge in [0.15, 0.2) is 0 Å². The van der Waals surface area contributed by atoms with Crippen LogP contribution in [-0.2, 0) is 9.59 Å². The molecule has 25 heavy (non-hydrogen) atoms. The fourth-order valence-electron chi connectivity index (χ4n) is 1.73. The van der Waals surface area contributed by atoms with Crippen molar-refractivity contribution in [3.8, 4) is 0 Å². The molecule has 2 N–H and O–H groups in total. The van der Waals surface area contributed by atoms with Crippen molar-refractivity contribution in [1.29, 1.82) is 0 Å². The lowest BCUT2D eigenvalue weighted by Gasteiger charge is -2.03. The molecule has 0 aliphatic carbocycles. The van der Waals surface area contributed by atoms with Crippen LogP contribution in [0.25, 0.3) is 0 Å². The van der Waals surface area contributed by atoms with Crippen molar-refractivity contribution >= 4 is 41.0 Å². The van der Waals surface area contributed by atoms with E-state index < -0.39 is 22.6 Å². The van der Waals surface area contributed by atoms with Gasteiger partial charge >= 0.3 is 11.8 Å². The third-order valence-electron chi connectivity index (χ3n) is 2.86. The lowest BCUT2D eigenvalue weighted by molar-refractivity contribution is -0.385. The first kappa shape index (κ1) is 18.0. The van der Waals surface area contributed by atoms with Crippen molar-refractivity contribution in [2.75, 3.05) is 5.32 Å². The molecule has 128 valence electrons. The van der Waals surface area contributed by atoms with Crippen LogP contribution < -0.4 is 10.7 Å². The molecule has 2 aromatic carbocycles. The van der Waals surface area contributed by atoms with Crippen molar-refractivity contribution in [2.45, 2.75) is 0 Å². The number of hydrazone groups is 1. The third kappa shape index (κ3) is 5.08. The predicted molar refractivity (Wildman–Crippen MR) is 88.9 cm³/mol. The maximum atomic E-state index is 12.8. The Kier molecular flexibility index (Phi) is 5.75. The summed E-state index contributed by atoms with van der Waals surface area (Å²) in [7, 11) is 0. The lowest BCUT2D eigenvalue weighted by atomic mass is 10.2. The van der Waals surface area contributed by atoms with Gasteiger partial charge in [-0.25, -0.2) is 9.82 Å². The van der Waals surface area contributed by atoms with Gasteiger partial charge in [-0.15, -0.1) is 0 Å². The van der Waals surface area contributed by atoms with Gasteiger partial charge in [-0.3, -0.25) is 19.7 Å². The molecule has 0 aliphatic rings. The fourth-order valence-corrected chi connectivity index (χ4v) is 1.91. The molecule has 0 fully saturated rings. The van der Waals surface area contributed by atoms with Crippen LogP contribution in [0.15, 0.2) is 47.6 Å². The standard InChI is InChI=1S/C15H10ClFN4O4/c16-10-1-6-13(21(24)25)9(7-10)8-18-20-15(23)14(22)19-12-4-2-11(17)3-5-12/h1-8H,(H,19,22)(H,20,23)/b18-8+. The average Bonchev–Trinajstić information content (AvgIpc) is 2.56. The molecule has 0 aliphatic heterocycles. The van der Waals surface area contributed by atoms with Crippen LogP contribution in [0.1, 0.15) is 5.56 Å². The van der Waals surface area contributed by atoms with E-state index in [-0.39, 0.29) is 22.0 Å². The molecule has 2 amide bonds. The fraction of sp³-hybridized carbons (Fsp3) is 0. The Labute approximate surface area is 145 Å². The zero-order valence-corrected chi connectivity index (χ0v) is 13.2. The molecule has 0 saturated carbocycles. The normalized spacial score (nSPS) is 10.5. The number of amides is 2. The highest BCUT2D eigenvalue weighted by Crippen LogP contribution is 2.20. The van der Waals surface area contributed by atoms with Crippen LogP contribution in [0, 0.1) is 15.9 Å². The molecule has 0 atom stereocenters. The Bertz CT molecular complexity index is 855. The number of anilines is 1. The summed E-state index contributed by atoms with van der Waals surface area (Å²) in [6, 6.07) is 8.60. The predicted octanol–water partition coefficient (Wildman–Crippen LogP) is 2.48. The van der Waals surface area contributed by atoms with E-state index in [2.05, 4.69) is 10.4 Å². The van der Waals surface area contributed by atoms with Crippen LogP contribution >= 0.6 is 11.6 Å². The molecule has 0 saturated heterocycles. The Morgan fingerprint density at radius 1 is 1.16 bits per heavy atom. The zero-order chi connectivity index (χ0) is 18.4. The molecule has 0 heterocycles. The minimum Gasteiger partial charge on any atom is -0.318 e. The van der Waals surface area contributed by atoms with Crippen molar-refractivity contribution < 1.29 is 18.9 Å². The first-order valence-corrected chi connectivity index (χ1v) is 7.08. The van der Waals surface area contributed by atoms with Gasteiger partial charge in [0.2, 0.25) is 0 Å². The van der Waals surface area contributed by atoms with Gasteiger partial charge in [0.05, 0.1) is 16.7 Å². The first-order chi connectivity index (χ1) is 11.9. The van der Waals surface area contributed by atoms with E-state index in [1.807, 2.05) is 5.43 Å². The number of hydrogen-bond acceptors (Lipinski definition) is 5. The quantitative estimate of drug-likeness (QED) is 0.375. The second kappa shape index (κ2) is 7.97. The summed E-state index contributed by atoms with van der Waals surface area (Å²) in [4.78, 5) is 33.5. The van der Waals surface area contributed by atoms with Crippen molar-refractivity contribution in [1.82, 2.24) is 5.43 Å². The monoisotopic (exact) mass is 364 g/mol. The number of carbonyl (C=O) groups is 2. The van der Waals surface area contributed by atoms with Crippen LogP contribution in [0.2, 0.25) is 5.02 Å². The van der Waals surface area contributed by atoms with Gasteiger partial charge < -0.3 is 5.32 Å². The van der Waals surface area contributed by atoms with Crippen molar-refractivity contribution in [3.63, 3.8) is 0 Å². The maximum Gasteiger partial charge on any atom is 0.329 e. The number of nitro benzene ring substituents is 1. The zero-order valence-electron chi connectivity index (χ0n) is 12.4. The molecule has 0 bridgehead atoms. The number of hydrogen-bond donors (Lipinski definition) is 2. The molecule has 0 spiro atoms. The minimum atomic E-state index is -1.11. The summed E-state index contributed by atoms with van der Waals surface area (Å²) in [6.45, 7) is 0. The molecule has 0 aromatic heterocycles. The van der Waals surface area contributed by atoms with Gasteiger partial charge in [0.1, 0.15) is 5.82 Å². The van der Waals surface area contributed by atoms with E-state index in [4.69, 9.17) is 11.6 Å². The van der Waals surface area contributed by atoms with Crippen LogP contribution in [0.3, 0.4) is 0 Å². The summed E-state index contributed by atoms with van der Waals surface area (Å²) in [5, 5.41) is 16.9. The van der Waals surface area contributed by atoms with Gasteiger partial charge in [-0.1, -0.05) is 11.6 Å². The average molecular weight is 365 g/mol. The summed E-state index contributed by atoms with van der Waals surface area (Å²) in [6.07, 6.45) is 0.993. The topological polar surface area (TPSA) is 114 Å². The molecule has 10 heteroatoms. The summed E-state index contributed by atoms with van der Waals surface area (Å²) in [5.41, 5.74) is 1.93. The lowest BCUT2D eigenvalue weighted by Crippen LogP contribution is -2.32. The van der Waals surface area contributed by atoms with E-state index >= 15 is 0 Å². The Morgan fingerprint density at radius 3 is 2.48 bits per heavy atom. The Hall–Kier alpha value is -3.33. The van der Waals surface area contributed by atoms with Crippen molar-refractivity contribution in [3.05, 3.63) is 69.0 Å².